The van der Waals surface area contributed by atoms with E-state index in [0.717, 1.165) is 11.3 Å². The van der Waals surface area contributed by atoms with Gasteiger partial charge in [0.2, 0.25) is 5.88 Å². The molecule has 0 atom stereocenters. The summed E-state index contributed by atoms with van der Waals surface area (Å²) in [5.41, 5.74) is 1.13. The smallest absolute Gasteiger partial charge is 0.213 e. The Morgan fingerprint density at radius 2 is 1.79 bits per heavy atom. The Morgan fingerprint density at radius 1 is 1.14 bits per heavy atom. The highest BCUT2D eigenvalue weighted by Gasteiger charge is 2.19. The van der Waals surface area contributed by atoms with Gasteiger partial charge in [0.25, 0.3) is 0 Å². The zero-order valence-electron chi connectivity index (χ0n) is 9.42. The van der Waals surface area contributed by atoms with E-state index in [-0.39, 0.29) is 5.41 Å². The molecule has 0 aliphatic rings. The summed E-state index contributed by atoms with van der Waals surface area (Å²) in [5.74, 6) is 1.43. The van der Waals surface area contributed by atoms with Crippen molar-refractivity contribution in [1.82, 2.24) is 4.98 Å². The van der Waals surface area contributed by atoms with Crippen molar-refractivity contribution in [3.05, 3.63) is 17.8 Å². The number of hydrogen-bond donors (Lipinski definition) is 0. The normalized spacial score (nSPS) is 11.2. The molecular formula is C11H17NO2. The van der Waals surface area contributed by atoms with Gasteiger partial charge in [-0.05, 0) is 5.41 Å². The van der Waals surface area contributed by atoms with E-state index in [1.165, 1.54) is 0 Å². The molecule has 1 heterocycles. The van der Waals surface area contributed by atoms with Gasteiger partial charge in [0.1, 0.15) is 5.75 Å². The number of aromatic nitrogens is 1. The van der Waals surface area contributed by atoms with Gasteiger partial charge in [-0.3, -0.25) is 0 Å². The molecule has 1 rings (SSSR count). The highest BCUT2D eigenvalue weighted by molar-refractivity contribution is 5.39. The Morgan fingerprint density at radius 3 is 2.21 bits per heavy atom. The van der Waals surface area contributed by atoms with Gasteiger partial charge in [0.05, 0.1) is 20.4 Å². The summed E-state index contributed by atoms with van der Waals surface area (Å²) in [5, 5.41) is 0. The van der Waals surface area contributed by atoms with Crippen LogP contribution < -0.4 is 9.47 Å². The Labute approximate surface area is 85.1 Å². The number of ether oxygens (including phenoxy) is 2. The number of nitrogens with zero attached hydrogens (tertiary/aromatic N) is 1. The molecule has 0 radical (unpaired) electrons. The van der Waals surface area contributed by atoms with Gasteiger partial charge in [0.15, 0.2) is 0 Å². The van der Waals surface area contributed by atoms with Gasteiger partial charge in [-0.1, -0.05) is 20.8 Å². The molecule has 0 bridgehead atoms. The minimum absolute atomic E-state index is 0.0293. The molecule has 0 aromatic carbocycles. The monoisotopic (exact) mass is 195 g/mol. The number of rotatable bonds is 2. The summed E-state index contributed by atoms with van der Waals surface area (Å²) in [6.07, 6.45) is 1.69. The third-order valence-electron chi connectivity index (χ3n) is 2.08. The van der Waals surface area contributed by atoms with E-state index >= 15 is 0 Å². The Balaban J connectivity index is 3.22. The summed E-state index contributed by atoms with van der Waals surface area (Å²) in [6.45, 7) is 6.39. The molecule has 1 aromatic heterocycles. The predicted octanol–water partition coefficient (Wildman–Crippen LogP) is 2.40. The largest absolute Gasteiger partial charge is 0.495 e. The maximum absolute atomic E-state index is 5.25. The van der Waals surface area contributed by atoms with E-state index < -0.39 is 0 Å². The fourth-order valence-electron chi connectivity index (χ4n) is 1.28. The van der Waals surface area contributed by atoms with Crippen LogP contribution in [0.2, 0.25) is 0 Å². The van der Waals surface area contributed by atoms with Crippen molar-refractivity contribution >= 4 is 0 Å². The third-order valence-corrected chi connectivity index (χ3v) is 2.08. The zero-order chi connectivity index (χ0) is 10.8. The first-order valence-corrected chi connectivity index (χ1v) is 4.57. The van der Waals surface area contributed by atoms with Gasteiger partial charge in [0, 0.05) is 11.6 Å². The zero-order valence-corrected chi connectivity index (χ0v) is 9.42. The van der Waals surface area contributed by atoms with Crippen molar-refractivity contribution in [2.24, 2.45) is 0 Å². The number of pyridine rings is 1. The maximum atomic E-state index is 5.25. The molecule has 0 saturated heterocycles. The van der Waals surface area contributed by atoms with E-state index in [1.54, 1.807) is 20.4 Å². The minimum Gasteiger partial charge on any atom is -0.495 e. The standard InChI is InChI=1S/C11H17NO2/c1-11(2,3)8-6-10(14-5)12-7-9(8)13-4/h6-7H,1-5H3. The number of hydrogen-bond acceptors (Lipinski definition) is 3. The molecule has 0 spiro atoms. The van der Waals surface area contributed by atoms with E-state index in [2.05, 4.69) is 25.8 Å². The van der Waals surface area contributed by atoms with Gasteiger partial charge in [-0.2, -0.15) is 0 Å². The van der Waals surface area contributed by atoms with Crippen LogP contribution >= 0.6 is 0 Å². The van der Waals surface area contributed by atoms with Crippen LogP contribution in [0, 0.1) is 0 Å². The molecule has 0 fully saturated rings. The summed E-state index contributed by atoms with van der Waals surface area (Å²) in [7, 11) is 3.26. The first-order chi connectivity index (χ1) is 6.49. The fourth-order valence-corrected chi connectivity index (χ4v) is 1.28. The summed E-state index contributed by atoms with van der Waals surface area (Å²) >= 11 is 0. The van der Waals surface area contributed by atoms with Gasteiger partial charge in [-0.15, -0.1) is 0 Å². The van der Waals surface area contributed by atoms with Crippen LogP contribution in [0.1, 0.15) is 26.3 Å². The van der Waals surface area contributed by atoms with Crippen LogP contribution in [0.3, 0.4) is 0 Å². The molecule has 14 heavy (non-hydrogen) atoms. The third kappa shape index (κ3) is 2.16. The van der Waals surface area contributed by atoms with Crippen molar-refractivity contribution in [3.8, 4) is 11.6 Å². The van der Waals surface area contributed by atoms with Crippen LogP contribution in [0.25, 0.3) is 0 Å². The second kappa shape index (κ2) is 3.86. The first-order valence-electron chi connectivity index (χ1n) is 4.57. The van der Waals surface area contributed by atoms with Crippen LogP contribution in [0.4, 0.5) is 0 Å². The van der Waals surface area contributed by atoms with Crippen molar-refractivity contribution in [1.29, 1.82) is 0 Å². The summed E-state index contributed by atoms with van der Waals surface area (Å²) in [4.78, 5) is 4.09. The van der Waals surface area contributed by atoms with Crippen molar-refractivity contribution in [2.75, 3.05) is 14.2 Å². The fraction of sp³-hybridized carbons (Fsp3) is 0.545. The molecule has 0 amide bonds. The second-order valence-corrected chi connectivity index (χ2v) is 4.18. The summed E-state index contributed by atoms with van der Waals surface area (Å²) < 4.78 is 10.3. The van der Waals surface area contributed by atoms with Gasteiger partial charge in [-0.25, -0.2) is 4.98 Å². The molecule has 3 heteroatoms. The van der Waals surface area contributed by atoms with E-state index in [1.807, 2.05) is 6.07 Å². The molecule has 0 unspecified atom stereocenters. The molecule has 0 saturated carbocycles. The molecule has 1 aromatic rings. The minimum atomic E-state index is 0.0293. The van der Waals surface area contributed by atoms with Crippen molar-refractivity contribution < 1.29 is 9.47 Å². The molecule has 3 nitrogen and oxygen atoms in total. The van der Waals surface area contributed by atoms with E-state index in [4.69, 9.17) is 9.47 Å². The average Bonchev–Trinajstić information content (AvgIpc) is 2.15. The lowest BCUT2D eigenvalue weighted by Gasteiger charge is -2.21. The van der Waals surface area contributed by atoms with Crippen LogP contribution in [-0.2, 0) is 5.41 Å². The lowest BCUT2D eigenvalue weighted by Crippen LogP contribution is -2.13. The van der Waals surface area contributed by atoms with Crippen molar-refractivity contribution in [3.63, 3.8) is 0 Å². The topological polar surface area (TPSA) is 31.4 Å². The van der Waals surface area contributed by atoms with Crippen LogP contribution in [0.15, 0.2) is 12.3 Å². The molecule has 78 valence electrons. The second-order valence-electron chi connectivity index (χ2n) is 4.18. The van der Waals surface area contributed by atoms with Crippen LogP contribution in [0.5, 0.6) is 11.6 Å². The lowest BCUT2D eigenvalue weighted by atomic mass is 9.87. The predicted molar refractivity (Wildman–Crippen MR) is 56.0 cm³/mol. The van der Waals surface area contributed by atoms with E-state index in [9.17, 15) is 0 Å². The van der Waals surface area contributed by atoms with Gasteiger partial charge >= 0.3 is 0 Å². The Kier molecular flexibility index (Phi) is 2.99. The number of methoxy groups -OCH3 is 2. The molecule has 0 aliphatic carbocycles. The molecule has 0 aliphatic heterocycles. The lowest BCUT2D eigenvalue weighted by molar-refractivity contribution is 0.375. The Bertz CT molecular complexity index is 316. The highest BCUT2D eigenvalue weighted by atomic mass is 16.5. The van der Waals surface area contributed by atoms with Crippen LogP contribution in [-0.4, -0.2) is 19.2 Å². The quantitative estimate of drug-likeness (QED) is 0.726. The maximum Gasteiger partial charge on any atom is 0.213 e. The summed E-state index contributed by atoms with van der Waals surface area (Å²) in [6, 6.07) is 1.92. The van der Waals surface area contributed by atoms with Crippen molar-refractivity contribution in [2.45, 2.75) is 26.2 Å². The van der Waals surface area contributed by atoms with E-state index in [0.29, 0.717) is 5.88 Å². The Hall–Kier alpha value is -1.25. The average molecular weight is 195 g/mol. The first kappa shape index (κ1) is 10.8. The highest BCUT2D eigenvalue weighted by Crippen LogP contribution is 2.32. The van der Waals surface area contributed by atoms with Gasteiger partial charge < -0.3 is 9.47 Å². The molecular weight excluding hydrogens is 178 g/mol. The SMILES string of the molecule is COc1cc(C(C)(C)C)c(OC)cn1. The molecule has 0 N–H and O–H groups in total.